The molecule has 0 radical (unpaired) electrons. The highest BCUT2D eigenvalue weighted by Gasteiger charge is 2.29. The number of nitrogens with zero attached hydrogens (tertiary/aromatic N) is 6. The number of piperazine rings is 1. The minimum Gasteiger partial charge on any atom is -0.348 e. The summed E-state index contributed by atoms with van der Waals surface area (Å²) in [5, 5.41) is 11.5. The summed E-state index contributed by atoms with van der Waals surface area (Å²) in [5.41, 5.74) is 0.256. The van der Waals surface area contributed by atoms with Gasteiger partial charge in [0.1, 0.15) is 5.65 Å². The van der Waals surface area contributed by atoms with E-state index < -0.39 is 16.2 Å². The lowest BCUT2D eigenvalue weighted by Gasteiger charge is -2.34. The second-order valence-corrected chi connectivity index (χ2v) is 6.36. The fourth-order valence-electron chi connectivity index (χ4n) is 3.29. The van der Waals surface area contributed by atoms with E-state index in [1.165, 1.54) is 10.6 Å². The van der Waals surface area contributed by atoms with E-state index in [2.05, 4.69) is 14.9 Å². The number of hydrogen-bond donors (Lipinski definition) is 0. The average Bonchev–Trinajstić information content (AvgIpc) is 2.69. The molecule has 0 amide bonds. The fourth-order valence-corrected chi connectivity index (χ4v) is 3.29. The van der Waals surface area contributed by atoms with Gasteiger partial charge in [-0.05, 0) is 24.3 Å². The van der Waals surface area contributed by atoms with Crippen molar-refractivity contribution in [2.24, 2.45) is 0 Å². The van der Waals surface area contributed by atoms with Gasteiger partial charge < -0.3 is 4.90 Å². The van der Waals surface area contributed by atoms with Crippen molar-refractivity contribution in [1.29, 1.82) is 0 Å². The number of aromatic nitrogens is 3. The lowest BCUT2D eigenvalue weighted by Crippen LogP contribution is -2.47. The van der Waals surface area contributed by atoms with Crippen LogP contribution in [-0.4, -0.2) is 50.4 Å². The van der Waals surface area contributed by atoms with Gasteiger partial charge >= 0.3 is 11.2 Å². The molecule has 0 atom stereocenters. The second-order valence-electron chi connectivity index (χ2n) is 6.36. The number of hydrogen-bond acceptors (Lipinski definition) is 7. The number of nitro groups is 1. The van der Waals surface area contributed by atoms with Gasteiger partial charge in [0.15, 0.2) is 0 Å². The predicted octanol–water partition coefficient (Wildman–Crippen LogP) is 1.32. The van der Waals surface area contributed by atoms with Gasteiger partial charge in [0.25, 0.3) is 0 Å². The molecule has 4 rings (SSSR count). The van der Waals surface area contributed by atoms with Crippen LogP contribution in [0.2, 0.25) is 0 Å². The van der Waals surface area contributed by atoms with E-state index >= 15 is 0 Å². The summed E-state index contributed by atoms with van der Waals surface area (Å²) in [4.78, 5) is 36.3. The second kappa shape index (κ2) is 7.12. The Morgan fingerprint density at radius 3 is 2.56 bits per heavy atom. The Labute approximate surface area is 154 Å². The van der Waals surface area contributed by atoms with E-state index in [0.29, 0.717) is 31.8 Å². The van der Waals surface area contributed by atoms with Gasteiger partial charge in [-0.25, -0.2) is 4.98 Å². The zero-order valence-corrected chi connectivity index (χ0v) is 14.6. The highest BCUT2D eigenvalue weighted by atomic mass is 16.6. The normalized spacial score (nSPS) is 15.2. The summed E-state index contributed by atoms with van der Waals surface area (Å²) >= 11 is 0. The first-order valence-electron chi connectivity index (χ1n) is 8.66. The predicted molar refractivity (Wildman–Crippen MR) is 99.8 cm³/mol. The Morgan fingerprint density at radius 1 is 1.07 bits per heavy atom. The minimum atomic E-state index is -0.656. The van der Waals surface area contributed by atoms with E-state index in [0.717, 1.165) is 12.2 Å². The van der Waals surface area contributed by atoms with Crippen molar-refractivity contribution in [3.05, 3.63) is 75.0 Å². The molecule has 3 aromatic heterocycles. The van der Waals surface area contributed by atoms with Crippen LogP contribution in [0.1, 0.15) is 5.69 Å². The molecular weight excluding hydrogens is 348 g/mol. The third kappa shape index (κ3) is 3.36. The van der Waals surface area contributed by atoms with Gasteiger partial charge in [0, 0.05) is 45.1 Å². The molecule has 27 heavy (non-hydrogen) atoms. The number of rotatable bonds is 4. The molecule has 9 nitrogen and oxygen atoms in total. The molecule has 0 unspecified atom stereocenters. The zero-order chi connectivity index (χ0) is 18.8. The molecule has 0 N–H and O–H groups in total. The van der Waals surface area contributed by atoms with Crippen LogP contribution >= 0.6 is 0 Å². The number of anilines is 1. The standard InChI is InChI=1S/C18H18N6O3/c25-18-16(24(26)27)17(20-15-6-2-4-8-23(15)18)22-11-9-21(10-12-22)13-14-5-1-3-7-19-14/h1-8H,9-13H2. The lowest BCUT2D eigenvalue weighted by atomic mass is 10.2. The monoisotopic (exact) mass is 366 g/mol. The molecule has 1 aliphatic heterocycles. The molecule has 3 aromatic rings. The highest BCUT2D eigenvalue weighted by molar-refractivity contribution is 5.61. The Morgan fingerprint density at radius 2 is 1.85 bits per heavy atom. The highest BCUT2D eigenvalue weighted by Crippen LogP contribution is 2.24. The Hall–Kier alpha value is -3.33. The summed E-state index contributed by atoms with van der Waals surface area (Å²) in [5.74, 6) is 0.147. The molecule has 9 heteroatoms. The molecule has 1 aliphatic rings. The Bertz CT molecular complexity index is 1030. The van der Waals surface area contributed by atoms with Crippen LogP contribution in [0.3, 0.4) is 0 Å². The van der Waals surface area contributed by atoms with Crippen LogP contribution in [0.25, 0.3) is 5.65 Å². The molecule has 4 heterocycles. The topological polar surface area (TPSA) is 96.9 Å². The van der Waals surface area contributed by atoms with E-state index in [1.54, 1.807) is 24.4 Å². The van der Waals surface area contributed by atoms with Crippen molar-refractivity contribution in [2.75, 3.05) is 31.1 Å². The summed E-state index contributed by atoms with van der Waals surface area (Å²) in [6, 6.07) is 10.9. The summed E-state index contributed by atoms with van der Waals surface area (Å²) in [6.07, 6.45) is 3.26. The van der Waals surface area contributed by atoms with Crippen LogP contribution in [0.4, 0.5) is 11.5 Å². The van der Waals surface area contributed by atoms with Crippen molar-refractivity contribution in [1.82, 2.24) is 19.3 Å². The first-order valence-corrected chi connectivity index (χ1v) is 8.66. The third-order valence-corrected chi connectivity index (χ3v) is 4.66. The summed E-state index contributed by atoms with van der Waals surface area (Å²) < 4.78 is 1.21. The van der Waals surface area contributed by atoms with Crippen LogP contribution in [0, 0.1) is 10.1 Å². The molecule has 0 saturated carbocycles. The van der Waals surface area contributed by atoms with Crippen molar-refractivity contribution in [3.8, 4) is 0 Å². The smallest absolute Gasteiger partial charge is 0.348 e. The molecule has 0 aromatic carbocycles. The van der Waals surface area contributed by atoms with Crippen LogP contribution < -0.4 is 10.5 Å². The molecule has 1 fully saturated rings. The Kier molecular flexibility index (Phi) is 4.51. The Balaban J connectivity index is 1.59. The fraction of sp³-hybridized carbons (Fsp3) is 0.278. The molecule has 138 valence electrons. The molecule has 0 bridgehead atoms. The maximum atomic E-state index is 12.6. The van der Waals surface area contributed by atoms with Crippen molar-refractivity contribution < 1.29 is 4.92 Å². The van der Waals surface area contributed by atoms with E-state index in [9.17, 15) is 14.9 Å². The summed E-state index contributed by atoms with van der Waals surface area (Å²) in [6.45, 7) is 3.27. The molecule has 0 spiro atoms. The molecule has 1 saturated heterocycles. The summed E-state index contributed by atoms with van der Waals surface area (Å²) in [7, 11) is 0. The number of fused-ring (bicyclic) bond motifs is 1. The molecule has 0 aliphatic carbocycles. The average molecular weight is 366 g/mol. The van der Waals surface area contributed by atoms with Crippen LogP contribution in [0.5, 0.6) is 0 Å². The van der Waals surface area contributed by atoms with Gasteiger partial charge in [-0.1, -0.05) is 12.1 Å². The van der Waals surface area contributed by atoms with Gasteiger partial charge in [0.05, 0.1) is 10.6 Å². The van der Waals surface area contributed by atoms with Crippen LogP contribution in [0.15, 0.2) is 53.6 Å². The first kappa shape index (κ1) is 17.1. The molecular formula is C18H18N6O3. The van der Waals surface area contributed by atoms with Gasteiger partial charge in [-0.15, -0.1) is 0 Å². The third-order valence-electron chi connectivity index (χ3n) is 4.66. The van der Waals surface area contributed by atoms with Crippen molar-refractivity contribution in [3.63, 3.8) is 0 Å². The first-order chi connectivity index (χ1) is 13.1. The van der Waals surface area contributed by atoms with E-state index in [-0.39, 0.29) is 5.82 Å². The van der Waals surface area contributed by atoms with Crippen molar-refractivity contribution in [2.45, 2.75) is 6.54 Å². The van der Waals surface area contributed by atoms with Crippen molar-refractivity contribution >= 4 is 17.2 Å². The maximum absolute atomic E-state index is 12.6. The lowest BCUT2D eigenvalue weighted by molar-refractivity contribution is -0.385. The number of pyridine rings is 2. The van der Waals surface area contributed by atoms with Crippen LogP contribution in [-0.2, 0) is 6.54 Å². The van der Waals surface area contributed by atoms with E-state index in [1.807, 2.05) is 23.1 Å². The van der Waals surface area contributed by atoms with Gasteiger partial charge in [0.2, 0.25) is 5.82 Å². The van der Waals surface area contributed by atoms with E-state index in [4.69, 9.17) is 0 Å². The largest absolute Gasteiger partial charge is 0.376 e. The maximum Gasteiger partial charge on any atom is 0.376 e. The van der Waals surface area contributed by atoms with Gasteiger partial charge in [-0.2, -0.15) is 0 Å². The SMILES string of the molecule is O=c1c([N+](=O)[O-])c(N2CCN(Cc3ccccn3)CC2)nc2ccccn12. The minimum absolute atomic E-state index is 0.147. The van der Waals surface area contributed by atoms with Gasteiger partial charge in [-0.3, -0.25) is 29.2 Å². The zero-order valence-electron chi connectivity index (χ0n) is 14.6. The quantitative estimate of drug-likeness (QED) is 0.507.